The molecular formula is C16H18N4O2. The van der Waals surface area contributed by atoms with Gasteiger partial charge in [0.25, 0.3) is 5.89 Å². The van der Waals surface area contributed by atoms with E-state index >= 15 is 0 Å². The van der Waals surface area contributed by atoms with Gasteiger partial charge < -0.3 is 9.42 Å². The summed E-state index contributed by atoms with van der Waals surface area (Å²) in [6.07, 6.45) is 7.60. The van der Waals surface area contributed by atoms with Crippen LogP contribution in [0.15, 0.2) is 29.0 Å². The van der Waals surface area contributed by atoms with E-state index in [0.29, 0.717) is 24.2 Å². The van der Waals surface area contributed by atoms with Gasteiger partial charge in [0, 0.05) is 42.9 Å². The number of amides is 1. The number of hydrogen-bond acceptors (Lipinski definition) is 5. The first-order chi connectivity index (χ1) is 10.8. The van der Waals surface area contributed by atoms with Crippen LogP contribution in [0.4, 0.5) is 0 Å². The van der Waals surface area contributed by atoms with Gasteiger partial charge in [-0.2, -0.15) is 4.98 Å². The fourth-order valence-corrected chi connectivity index (χ4v) is 3.10. The van der Waals surface area contributed by atoms with E-state index in [1.54, 1.807) is 12.4 Å². The SMILES string of the molecule is O=C(C1CCC1)N1CCC(c2noc(-c3ccncc3)n2)C1. The van der Waals surface area contributed by atoms with E-state index in [-0.39, 0.29) is 11.8 Å². The highest BCUT2D eigenvalue weighted by molar-refractivity contribution is 5.80. The molecule has 0 bridgehead atoms. The molecule has 1 saturated carbocycles. The summed E-state index contributed by atoms with van der Waals surface area (Å²) in [5.74, 6) is 1.98. The lowest BCUT2D eigenvalue weighted by atomic mass is 9.84. The first-order valence-electron chi connectivity index (χ1n) is 7.84. The van der Waals surface area contributed by atoms with Crippen LogP contribution in [0.2, 0.25) is 0 Å². The van der Waals surface area contributed by atoms with Gasteiger partial charge in [0.1, 0.15) is 0 Å². The first-order valence-corrected chi connectivity index (χ1v) is 7.84. The maximum absolute atomic E-state index is 12.3. The largest absolute Gasteiger partial charge is 0.342 e. The summed E-state index contributed by atoms with van der Waals surface area (Å²) in [7, 11) is 0. The smallest absolute Gasteiger partial charge is 0.258 e. The van der Waals surface area contributed by atoms with E-state index < -0.39 is 0 Å². The zero-order chi connectivity index (χ0) is 14.9. The summed E-state index contributed by atoms with van der Waals surface area (Å²) >= 11 is 0. The number of carbonyl (C=O) groups excluding carboxylic acids is 1. The molecule has 1 aliphatic carbocycles. The minimum atomic E-state index is 0.184. The molecule has 6 nitrogen and oxygen atoms in total. The fourth-order valence-electron chi connectivity index (χ4n) is 3.10. The Morgan fingerprint density at radius 3 is 2.77 bits per heavy atom. The van der Waals surface area contributed by atoms with Crippen molar-refractivity contribution in [2.45, 2.75) is 31.6 Å². The summed E-state index contributed by atoms with van der Waals surface area (Å²) in [6, 6.07) is 3.69. The van der Waals surface area contributed by atoms with Crippen molar-refractivity contribution >= 4 is 5.91 Å². The summed E-state index contributed by atoms with van der Waals surface area (Å²) < 4.78 is 5.35. The van der Waals surface area contributed by atoms with Gasteiger partial charge in [-0.05, 0) is 31.4 Å². The van der Waals surface area contributed by atoms with Crippen LogP contribution in [-0.4, -0.2) is 39.0 Å². The quantitative estimate of drug-likeness (QED) is 0.869. The van der Waals surface area contributed by atoms with Crippen LogP contribution < -0.4 is 0 Å². The van der Waals surface area contributed by atoms with E-state index in [2.05, 4.69) is 15.1 Å². The predicted octanol–water partition coefficient (Wildman–Crippen LogP) is 2.25. The molecule has 0 N–H and O–H groups in total. The van der Waals surface area contributed by atoms with Crippen LogP contribution in [0.25, 0.3) is 11.5 Å². The van der Waals surface area contributed by atoms with Crippen molar-refractivity contribution in [3.8, 4) is 11.5 Å². The van der Waals surface area contributed by atoms with Gasteiger partial charge in [0.15, 0.2) is 5.82 Å². The molecule has 0 radical (unpaired) electrons. The van der Waals surface area contributed by atoms with Crippen molar-refractivity contribution in [2.75, 3.05) is 13.1 Å². The van der Waals surface area contributed by atoms with Crippen molar-refractivity contribution in [2.24, 2.45) is 5.92 Å². The zero-order valence-corrected chi connectivity index (χ0v) is 12.3. The van der Waals surface area contributed by atoms with Crippen LogP contribution in [-0.2, 0) is 4.79 Å². The fraction of sp³-hybridized carbons (Fsp3) is 0.500. The highest BCUT2D eigenvalue weighted by atomic mass is 16.5. The predicted molar refractivity (Wildman–Crippen MR) is 78.8 cm³/mol. The topological polar surface area (TPSA) is 72.1 Å². The average molecular weight is 298 g/mol. The van der Waals surface area contributed by atoms with Crippen molar-refractivity contribution < 1.29 is 9.32 Å². The highest BCUT2D eigenvalue weighted by Crippen LogP contribution is 2.32. The Balaban J connectivity index is 1.45. The normalized spacial score (nSPS) is 21.8. The second-order valence-corrected chi connectivity index (χ2v) is 6.09. The minimum Gasteiger partial charge on any atom is -0.342 e. The lowest BCUT2D eigenvalue weighted by Crippen LogP contribution is -2.37. The lowest BCUT2D eigenvalue weighted by molar-refractivity contribution is -0.137. The Morgan fingerprint density at radius 1 is 1.23 bits per heavy atom. The van der Waals surface area contributed by atoms with Gasteiger partial charge in [0.05, 0.1) is 0 Å². The van der Waals surface area contributed by atoms with Gasteiger partial charge in [-0.1, -0.05) is 11.6 Å². The Labute approximate surface area is 128 Å². The van der Waals surface area contributed by atoms with Crippen LogP contribution >= 0.6 is 0 Å². The summed E-state index contributed by atoms with van der Waals surface area (Å²) in [4.78, 5) is 22.7. The van der Waals surface area contributed by atoms with Gasteiger partial charge in [-0.3, -0.25) is 9.78 Å². The lowest BCUT2D eigenvalue weighted by Gasteiger charge is -2.29. The average Bonchev–Trinajstić information content (AvgIpc) is 3.15. The number of aromatic nitrogens is 3. The molecule has 3 heterocycles. The molecule has 1 aliphatic heterocycles. The van der Waals surface area contributed by atoms with Gasteiger partial charge in [-0.15, -0.1) is 0 Å². The number of pyridine rings is 1. The maximum atomic E-state index is 12.3. The zero-order valence-electron chi connectivity index (χ0n) is 12.3. The second-order valence-electron chi connectivity index (χ2n) is 6.09. The molecule has 6 heteroatoms. The Morgan fingerprint density at radius 2 is 2.05 bits per heavy atom. The highest BCUT2D eigenvalue weighted by Gasteiger charge is 2.35. The molecule has 2 aromatic heterocycles. The van der Waals surface area contributed by atoms with E-state index in [1.165, 1.54) is 6.42 Å². The molecule has 2 aromatic rings. The molecule has 1 atom stereocenters. The summed E-state index contributed by atoms with van der Waals surface area (Å²) in [5, 5.41) is 4.10. The molecule has 2 fully saturated rings. The van der Waals surface area contributed by atoms with E-state index in [1.807, 2.05) is 17.0 Å². The standard InChI is InChI=1S/C16H18N4O2/c21-16(12-2-1-3-12)20-9-6-13(10-20)14-18-15(22-19-14)11-4-7-17-8-5-11/h4-5,7-8,12-13H,1-3,6,9-10H2. The van der Waals surface area contributed by atoms with Crippen molar-refractivity contribution in [1.82, 2.24) is 20.0 Å². The third kappa shape index (κ3) is 2.38. The molecule has 0 spiro atoms. The Bertz CT molecular complexity index is 666. The number of likely N-dealkylation sites (tertiary alicyclic amines) is 1. The van der Waals surface area contributed by atoms with E-state index in [0.717, 1.165) is 31.4 Å². The monoisotopic (exact) mass is 298 g/mol. The molecule has 0 aromatic carbocycles. The molecule has 114 valence electrons. The molecule has 1 amide bonds. The van der Waals surface area contributed by atoms with Gasteiger partial charge in [0.2, 0.25) is 5.91 Å². The number of rotatable bonds is 3. The van der Waals surface area contributed by atoms with Gasteiger partial charge in [-0.25, -0.2) is 0 Å². The van der Waals surface area contributed by atoms with E-state index in [4.69, 9.17) is 4.52 Å². The van der Waals surface area contributed by atoms with E-state index in [9.17, 15) is 4.79 Å². The Hall–Kier alpha value is -2.24. The van der Waals surface area contributed by atoms with Crippen molar-refractivity contribution in [3.05, 3.63) is 30.4 Å². The Kier molecular flexibility index (Phi) is 3.36. The molecule has 1 saturated heterocycles. The second kappa shape index (κ2) is 5.51. The number of hydrogen-bond donors (Lipinski definition) is 0. The summed E-state index contributed by atoms with van der Waals surface area (Å²) in [5.41, 5.74) is 0.870. The molecule has 2 aliphatic rings. The third-order valence-electron chi connectivity index (χ3n) is 4.69. The van der Waals surface area contributed by atoms with Crippen LogP contribution in [0.3, 0.4) is 0 Å². The molecule has 22 heavy (non-hydrogen) atoms. The van der Waals surface area contributed by atoms with Gasteiger partial charge >= 0.3 is 0 Å². The van der Waals surface area contributed by atoms with Crippen LogP contribution in [0.1, 0.15) is 37.4 Å². The molecule has 4 rings (SSSR count). The van der Waals surface area contributed by atoms with Crippen LogP contribution in [0.5, 0.6) is 0 Å². The molecule has 1 unspecified atom stereocenters. The minimum absolute atomic E-state index is 0.184. The summed E-state index contributed by atoms with van der Waals surface area (Å²) in [6.45, 7) is 1.52. The van der Waals surface area contributed by atoms with Crippen LogP contribution in [0, 0.1) is 5.92 Å². The number of nitrogens with zero attached hydrogens (tertiary/aromatic N) is 4. The van der Waals surface area contributed by atoms with Crippen molar-refractivity contribution in [1.29, 1.82) is 0 Å². The first kappa shape index (κ1) is 13.4. The number of carbonyl (C=O) groups is 1. The maximum Gasteiger partial charge on any atom is 0.258 e. The molecular weight excluding hydrogens is 280 g/mol. The third-order valence-corrected chi connectivity index (χ3v) is 4.69. The van der Waals surface area contributed by atoms with Crippen molar-refractivity contribution in [3.63, 3.8) is 0 Å².